The molecule has 1 aromatic rings. The van der Waals surface area contributed by atoms with Crippen LogP contribution in [0.15, 0.2) is 18.2 Å². The fourth-order valence-electron chi connectivity index (χ4n) is 2.19. The Balaban J connectivity index is 2.73. The first-order valence-corrected chi connectivity index (χ1v) is 7.18. The van der Waals surface area contributed by atoms with Gasteiger partial charge in [0.1, 0.15) is 5.69 Å². The van der Waals surface area contributed by atoms with Crippen LogP contribution in [0, 0.1) is 16.0 Å². The molecule has 0 fully saturated rings. The van der Waals surface area contributed by atoms with Crippen LogP contribution in [0.1, 0.15) is 39.2 Å². The molecular formula is C15H24N2O3. The standard InChI is InChI=1S/C15H24N2O3/c1-4-7-12(3)10-20-11-13-8-6-9-14(17(18)19)15(13)16-5-2/h6,8-9,12,16H,4-5,7,10-11H2,1-3H3. The van der Waals surface area contributed by atoms with E-state index >= 15 is 0 Å². The van der Waals surface area contributed by atoms with Gasteiger partial charge < -0.3 is 10.1 Å². The van der Waals surface area contributed by atoms with Gasteiger partial charge in [-0.2, -0.15) is 0 Å². The van der Waals surface area contributed by atoms with E-state index in [1.807, 2.05) is 13.0 Å². The molecule has 0 aliphatic rings. The van der Waals surface area contributed by atoms with Crippen molar-refractivity contribution in [2.45, 2.75) is 40.2 Å². The number of nitrogens with one attached hydrogen (secondary N) is 1. The second-order valence-electron chi connectivity index (χ2n) is 5.01. The molecule has 0 aliphatic heterocycles. The van der Waals surface area contributed by atoms with Crippen molar-refractivity contribution in [3.05, 3.63) is 33.9 Å². The number of benzene rings is 1. The van der Waals surface area contributed by atoms with Crippen LogP contribution in [0.5, 0.6) is 0 Å². The molecule has 0 aromatic heterocycles. The molecule has 5 nitrogen and oxygen atoms in total. The average Bonchev–Trinajstić information content (AvgIpc) is 2.40. The number of rotatable bonds is 9. The SMILES string of the molecule is CCCC(C)COCc1cccc([N+](=O)[O-])c1NCC. The zero-order valence-electron chi connectivity index (χ0n) is 12.5. The second kappa shape index (κ2) is 8.53. The lowest BCUT2D eigenvalue weighted by Crippen LogP contribution is -2.09. The summed E-state index contributed by atoms with van der Waals surface area (Å²) in [4.78, 5) is 10.7. The van der Waals surface area contributed by atoms with Crippen molar-refractivity contribution in [3.8, 4) is 0 Å². The smallest absolute Gasteiger partial charge is 0.292 e. The minimum Gasteiger partial charge on any atom is -0.379 e. The number of hydrogen-bond acceptors (Lipinski definition) is 4. The van der Waals surface area contributed by atoms with Crippen molar-refractivity contribution >= 4 is 11.4 Å². The molecule has 0 saturated heterocycles. The topological polar surface area (TPSA) is 64.4 Å². The summed E-state index contributed by atoms with van der Waals surface area (Å²) in [7, 11) is 0. The molecular weight excluding hydrogens is 256 g/mol. The highest BCUT2D eigenvalue weighted by Crippen LogP contribution is 2.28. The maximum Gasteiger partial charge on any atom is 0.292 e. The fraction of sp³-hybridized carbons (Fsp3) is 0.600. The summed E-state index contributed by atoms with van der Waals surface area (Å²) in [6.45, 7) is 7.96. The predicted octanol–water partition coefficient (Wildman–Crippen LogP) is 3.98. The van der Waals surface area contributed by atoms with Gasteiger partial charge in [0, 0.05) is 24.8 Å². The summed E-state index contributed by atoms with van der Waals surface area (Å²) in [5, 5.41) is 14.1. The molecule has 20 heavy (non-hydrogen) atoms. The molecule has 112 valence electrons. The Bertz CT molecular complexity index is 435. The van der Waals surface area contributed by atoms with Crippen LogP contribution in [0.3, 0.4) is 0 Å². The van der Waals surface area contributed by atoms with E-state index in [4.69, 9.17) is 4.74 Å². The fourth-order valence-corrected chi connectivity index (χ4v) is 2.19. The van der Waals surface area contributed by atoms with Gasteiger partial charge in [-0.3, -0.25) is 10.1 Å². The predicted molar refractivity (Wildman–Crippen MR) is 81.0 cm³/mol. The highest BCUT2D eigenvalue weighted by Gasteiger charge is 2.16. The molecule has 0 bridgehead atoms. The van der Waals surface area contributed by atoms with Gasteiger partial charge in [0.2, 0.25) is 0 Å². The zero-order valence-corrected chi connectivity index (χ0v) is 12.5. The van der Waals surface area contributed by atoms with Gasteiger partial charge in [-0.1, -0.05) is 32.4 Å². The summed E-state index contributed by atoms with van der Waals surface area (Å²) >= 11 is 0. The lowest BCUT2D eigenvalue weighted by molar-refractivity contribution is -0.384. The highest BCUT2D eigenvalue weighted by atomic mass is 16.6. The van der Waals surface area contributed by atoms with Gasteiger partial charge in [0.25, 0.3) is 5.69 Å². The molecule has 1 rings (SSSR count). The van der Waals surface area contributed by atoms with Gasteiger partial charge in [0.15, 0.2) is 0 Å². The summed E-state index contributed by atoms with van der Waals surface area (Å²) in [6, 6.07) is 5.09. The van der Waals surface area contributed by atoms with E-state index in [9.17, 15) is 10.1 Å². The number of hydrogen-bond donors (Lipinski definition) is 1. The molecule has 1 N–H and O–H groups in total. The molecule has 0 amide bonds. The summed E-state index contributed by atoms with van der Waals surface area (Å²) < 4.78 is 5.69. The number of nitrogens with zero attached hydrogens (tertiary/aromatic N) is 1. The van der Waals surface area contributed by atoms with E-state index in [0.717, 1.165) is 18.4 Å². The molecule has 0 radical (unpaired) electrons. The normalized spacial score (nSPS) is 12.2. The van der Waals surface area contributed by atoms with Crippen LogP contribution in [-0.2, 0) is 11.3 Å². The van der Waals surface area contributed by atoms with Crippen molar-refractivity contribution < 1.29 is 9.66 Å². The highest BCUT2D eigenvalue weighted by molar-refractivity contribution is 5.66. The minimum atomic E-state index is -0.360. The van der Waals surface area contributed by atoms with Crippen molar-refractivity contribution in [1.29, 1.82) is 0 Å². The molecule has 1 atom stereocenters. The minimum absolute atomic E-state index is 0.106. The number of anilines is 1. The van der Waals surface area contributed by atoms with Crippen molar-refractivity contribution in [1.82, 2.24) is 0 Å². The van der Waals surface area contributed by atoms with Gasteiger partial charge in [-0.25, -0.2) is 0 Å². The Hall–Kier alpha value is -1.62. The maximum absolute atomic E-state index is 11.0. The van der Waals surface area contributed by atoms with E-state index in [2.05, 4.69) is 19.2 Å². The molecule has 0 aliphatic carbocycles. The van der Waals surface area contributed by atoms with Gasteiger partial charge in [-0.15, -0.1) is 0 Å². The van der Waals surface area contributed by atoms with Gasteiger partial charge >= 0.3 is 0 Å². The first-order chi connectivity index (χ1) is 9.60. The number of nitro groups is 1. The number of ether oxygens (including phenoxy) is 1. The Kier molecular flexibility index (Phi) is 7.01. The molecule has 1 aromatic carbocycles. The zero-order chi connectivity index (χ0) is 15.0. The van der Waals surface area contributed by atoms with Crippen LogP contribution in [0.4, 0.5) is 11.4 Å². The molecule has 0 heterocycles. The van der Waals surface area contributed by atoms with E-state index in [1.165, 1.54) is 6.07 Å². The van der Waals surface area contributed by atoms with Crippen molar-refractivity contribution in [3.63, 3.8) is 0 Å². The van der Waals surface area contributed by atoms with Gasteiger partial charge in [-0.05, 0) is 19.3 Å². The molecule has 0 spiro atoms. The monoisotopic (exact) mass is 280 g/mol. The average molecular weight is 280 g/mol. The number of nitro benzene ring substituents is 1. The third-order valence-corrected chi connectivity index (χ3v) is 3.12. The quantitative estimate of drug-likeness (QED) is 0.549. The van der Waals surface area contributed by atoms with Crippen molar-refractivity contribution in [2.24, 2.45) is 5.92 Å². The summed E-state index contributed by atoms with van der Waals surface area (Å²) in [5.41, 5.74) is 1.52. The lowest BCUT2D eigenvalue weighted by Gasteiger charge is -2.14. The first-order valence-electron chi connectivity index (χ1n) is 7.18. The second-order valence-corrected chi connectivity index (χ2v) is 5.01. The molecule has 5 heteroatoms. The van der Waals surface area contributed by atoms with Crippen LogP contribution in [0.25, 0.3) is 0 Å². The third-order valence-electron chi connectivity index (χ3n) is 3.12. The van der Waals surface area contributed by atoms with Crippen LogP contribution < -0.4 is 5.32 Å². The Morgan fingerprint density at radius 2 is 2.15 bits per heavy atom. The Morgan fingerprint density at radius 3 is 2.75 bits per heavy atom. The maximum atomic E-state index is 11.0. The van der Waals surface area contributed by atoms with Crippen LogP contribution in [0.2, 0.25) is 0 Å². The third kappa shape index (κ3) is 4.81. The summed E-state index contributed by atoms with van der Waals surface area (Å²) in [6.07, 6.45) is 2.28. The van der Waals surface area contributed by atoms with E-state index < -0.39 is 0 Å². The summed E-state index contributed by atoms with van der Waals surface area (Å²) in [5.74, 6) is 0.515. The number of para-hydroxylation sites is 1. The largest absolute Gasteiger partial charge is 0.379 e. The molecule has 1 unspecified atom stereocenters. The van der Waals surface area contributed by atoms with Crippen molar-refractivity contribution in [2.75, 3.05) is 18.5 Å². The van der Waals surface area contributed by atoms with Crippen LogP contribution >= 0.6 is 0 Å². The Labute approximate surface area is 120 Å². The lowest BCUT2D eigenvalue weighted by atomic mass is 10.1. The molecule has 0 saturated carbocycles. The first kappa shape index (κ1) is 16.4. The van der Waals surface area contributed by atoms with Gasteiger partial charge in [0.05, 0.1) is 11.5 Å². The van der Waals surface area contributed by atoms with E-state index in [-0.39, 0.29) is 10.6 Å². The van der Waals surface area contributed by atoms with E-state index in [1.54, 1.807) is 6.07 Å². The Morgan fingerprint density at radius 1 is 1.40 bits per heavy atom. The van der Waals surface area contributed by atoms with E-state index in [0.29, 0.717) is 31.4 Å². The van der Waals surface area contributed by atoms with Crippen LogP contribution in [-0.4, -0.2) is 18.1 Å².